The van der Waals surface area contributed by atoms with Gasteiger partial charge in [-0.25, -0.2) is 0 Å². The molecule has 0 bridgehead atoms. The Morgan fingerprint density at radius 3 is 2.63 bits per heavy atom. The number of fused-ring (bicyclic) bond motifs is 1. The van der Waals surface area contributed by atoms with Crippen molar-refractivity contribution in [3.05, 3.63) is 59.9 Å². The normalized spacial score (nSPS) is 12.3. The van der Waals surface area contributed by atoms with E-state index in [-0.39, 0.29) is 17.6 Å². The zero-order valence-electron chi connectivity index (χ0n) is 17.2. The number of nitrogens with zero attached hydrogens (tertiary/aromatic N) is 3. The Kier molecular flexibility index (Phi) is 5.22. The predicted octanol–water partition coefficient (Wildman–Crippen LogP) is 4.32. The summed E-state index contributed by atoms with van der Waals surface area (Å²) >= 11 is 0. The lowest BCUT2D eigenvalue weighted by Crippen LogP contribution is -2.32. The molecule has 3 aromatic heterocycles. The lowest BCUT2D eigenvalue weighted by atomic mass is 10.0. The summed E-state index contributed by atoms with van der Waals surface area (Å²) < 4.78 is 16.5. The van der Waals surface area contributed by atoms with Crippen molar-refractivity contribution in [2.75, 3.05) is 7.11 Å². The number of hydrogen-bond donors (Lipinski definition) is 1. The Bertz CT molecular complexity index is 1180. The molecule has 0 fully saturated rings. The molecule has 0 aliphatic rings. The molecule has 0 radical (unpaired) electrons. The number of pyridine rings is 1. The number of hydrogen-bond acceptors (Lipinski definition) is 7. The van der Waals surface area contributed by atoms with Gasteiger partial charge in [-0.3, -0.25) is 9.78 Å². The van der Waals surface area contributed by atoms with Gasteiger partial charge in [0.2, 0.25) is 11.7 Å². The summed E-state index contributed by atoms with van der Waals surface area (Å²) in [5, 5.41) is 7.84. The molecule has 8 nitrogen and oxygen atoms in total. The number of ether oxygens (including phenoxy) is 1. The molecule has 30 heavy (non-hydrogen) atoms. The van der Waals surface area contributed by atoms with Crippen LogP contribution in [0.2, 0.25) is 0 Å². The molecule has 0 aliphatic carbocycles. The number of furan rings is 1. The van der Waals surface area contributed by atoms with Gasteiger partial charge in [0.15, 0.2) is 5.76 Å². The molecule has 4 aromatic rings. The summed E-state index contributed by atoms with van der Waals surface area (Å²) in [7, 11) is 1.60. The van der Waals surface area contributed by atoms with Gasteiger partial charge >= 0.3 is 0 Å². The summed E-state index contributed by atoms with van der Waals surface area (Å²) in [4.78, 5) is 21.5. The van der Waals surface area contributed by atoms with E-state index in [4.69, 9.17) is 13.7 Å². The van der Waals surface area contributed by atoms with Crippen molar-refractivity contribution in [2.24, 2.45) is 5.92 Å². The topological polar surface area (TPSA) is 103 Å². The number of methoxy groups -OCH3 is 1. The van der Waals surface area contributed by atoms with Gasteiger partial charge in [0, 0.05) is 28.9 Å². The number of rotatable bonds is 6. The predicted molar refractivity (Wildman–Crippen MR) is 110 cm³/mol. The van der Waals surface area contributed by atoms with Crippen LogP contribution in [-0.4, -0.2) is 28.1 Å². The highest BCUT2D eigenvalue weighted by molar-refractivity contribution is 5.99. The first kappa shape index (κ1) is 19.6. The molecule has 1 atom stereocenters. The van der Waals surface area contributed by atoms with Crippen molar-refractivity contribution in [3.8, 4) is 17.1 Å². The summed E-state index contributed by atoms with van der Waals surface area (Å²) in [6.45, 7) is 5.79. The van der Waals surface area contributed by atoms with Gasteiger partial charge in [-0.1, -0.05) is 19.0 Å². The Morgan fingerprint density at radius 1 is 1.17 bits per heavy atom. The molecule has 1 aromatic carbocycles. The van der Waals surface area contributed by atoms with Crippen LogP contribution in [0.15, 0.2) is 51.7 Å². The van der Waals surface area contributed by atoms with E-state index in [9.17, 15) is 4.79 Å². The lowest BCUT2D eigenvalue weighted by Gasteiger charge is -2.17. The molecule has 0 saturated heterocycles. The molecule has 1 unspecified atom stereocenters. The van der Waals surface area contributed by atoms with Gasteiger partial charge in [-0.05, 0) is 43.2 Å². The Hall–Kier alpha value is -3.68. The average Bonchev–Trinajstić information content (AvgIpc) is 3.37. The fraction of sp³-hybridized carbons (Fsp3) is 0.273. The van der Waals surface area contributed by atoms with E-state index in [0.717, 1.165) is 16.5 Å². The van der Waals surface area contributed by atoms with E-state index in [2.05, 4.69) is 20.4 Å². The Morgan fingerprint density at radius 2 is 1.93 bits per heavy atom. The third-order valence-electron chi connectivity index (χ3n) is 4.95. The molecule has 0 aliphatic heterocycles. The Labute approximate surface area is 173 Å². The largest absolute Gasteiger partial charge is 0.497 e. The fourth-order valence-electron chi connectivity index (χ4n) is 3.24. The van der Waals surface area contributed by atoms with Crippen LogP contribution < -0.4 is 10.1 Å². The zero-order chi connectivity index (χ0) is 21.3. The van der Waals surface area contributed by atoms with Crippen molar-refractivity contribution >= 4 is 16.9 Å². The summed E-state index contributed by atoms with van der Waals surface area (Å²) in [6.07, 6.45) is 3.32. The maximum absolute atomic E-state index is 13.0. The number of carbonyl (C=O) groups excluding carboxylic acids is 1. The minimum atomic E-state index is -0.470. The van der Waals surface area contributed by atoms with E-state index in [1.807, 2.05) is 26.8 Å². The van der Waals surface area contributed by atoms with Crippen LogP contribution in [0.5, 0.6) is 5.75 Å². The number of carbonyl (C=O) groups is 1. The minimum absolute atomic E-state index is 0.0180. The molecule has 0 saturated carbocycles. The number of aromatic nitrogens is 3. The quantitative estimate of drug-likeness (QED) is 0.508. The first-order valence-electron chi connectivity index (χ1n) is 9.60. The SMILES string of the molecule is COc1ccc2oc(C(=O)NC(c3nc(-c4ccncc4)no3)C(C)C)c(C)c2c1. The maximum Gasteiger partial charge on any atom is 0.287 e. The van der Waals surface area contributed by atoms with Gasteiger partial charge in [0.25, 0.3) is 5.91 Å². The minimum Gasteiger partial charge on any atom is -0.497 e. The van der Waals surface area contributed by atoms with Gasteiger partial charge < -0.3 is 19.0 Å². The smallest absolute Gasteiger partial charge is 0.287 e. The second-order valence-electron chi connectivity index (χ2n) is 7.31. The lowest BCUT2D eigenvalue weighted by molar-refractivity contribution is 0.0887. The molecule has 0 spiro atoms. The van der Waals surface area contributed by atoms with E-state index >= 15 is 0 Å². The van der Waals surface area contributed by atoms with Crippen LogP contribution in [-0.2, 0) is 0 Å². The van der Waals surface area contributed by atoms with Crippen molar-refractivity contribution in [1.29, 1.82) is 0 Å². The number of aryl methyl sites for hydroxylation is 1. The van der Waals surface area contributed by atoms with Gasteiger partial charge in [0.05, 0.1) is 7.11 Å². The van der Waals surface area contributed by atoms with Gasteiger partial charge in [0.1, 0.15) is 17.4 Å². The highest BCUT2D eigenvalue weighted by Crippen LogP contribution is 2.30. The van der Waals surface area contributed by atoms with Gasteiger partial charge in [-0.2, -0.15) is 4.98 Å². The van der Waals surface area contributed by atoms with E-state index < -0.39 is 6.04 Å². The Balaban J connectivity index is 1.61. The van der Waals surface area contributed by atoms with Crippen molar-refractivity contribution in [3.63, 3.8) is 0 Å². The summed E-state index contributed by atoms with van der Waals surface area (Å²) in [6, 6.07) is 8.56. The second kappa shape index (κ2) is 7.98. The number of benzene rings is 1. The monoisotopic (exact) mass is 406 g/mol. The standard InChI is InChI=1S/C22H22N4O4/c1-12(2)18(22-25-20(26-30-22)14-7-9-23-10-8-14)24-21(27)19-13(3)16-11-15(28-4)5-6-17(16)29-19/h5-12,18H,1-4H3,(H,24,27). The first-order chi connectivity index (χ1) is 14.5. The molecule has 8 heteroatoms. The first-order valence-corrected chi connectivity index (χ1v) is 9.60. The molecule has 4 rings (SSSR count). The molecule has 3 heterocycles. The molecule has 1 N–H and O–H groups in total. The van der Waals surface area contributed by atoms with Crippen LogP contribution in [0.4, 0.5) is 0 Å². The van der Waals surface area contributed by atoms with Crippen molar-refractivity contribution in [1.82, 2.24) is 20.4 Å². The highest BCUT2D eigenvalue weighted by Gasteiger charge is 2.28. The molecule has 1 amide bonds. The maximum atomic E-state index is 13.0. The van der Waals surface area contributed by atoms with Crippen LogP contribution >= 0.6 is 0 Å². The van der Waals surface area contributed by atoms with Crippen molar-refractivity contribution < 1.29 is 18.5 Å². The average molecular weight is 406 g/mol. The van der Waals surface area contributed by atoms with Crippen LogP contribution in [0.3, 0.4) is 0 Å². The summed E-state index contributed by atoms with van der Waals surface area (Å²) in [5.41, 5.74) is 2.15. The van der Waals surface area contributed by atoms with E-state index in [0.29, 0.717) is 23.0 Å². The van der Waals surface area contributed by atoms with Crippen LogP contribution in [0, 0.1) is 12.8 Å². The van der Waals surface area contributed by atoms with Crippen LogP contribution in [0.25, 0.3) is 22.4 Å². The third kappa shape index (κ3) is 3.63. The number of amides is 1. The molecule has 154 valence electrons. The zero-order valence-corrected chi connectivity index (χ0v) is 17.2. The number of nitrogens with one attached hydrogen (secondary N) is 1. The molecular formula is C22H22N4O4. The van der Waals surface area contributed by atoms with Crippen LogP contribution in [0.1, 0.15) is 41.9 Å². The van der Waals surface area contributed by atoms with Gasteiger partial charge in [-0.15, -0.1) is 0 Å². The van der Waals surface area contributed by atoms with Crippen molar-refractivity contribution in [2.45, 2.75) is 26.8 Å². The van der Waals surface area contributed by atoms with E-state index in [1.54, 1.807) is 43.8 Å². The second-order valence-corrected chi connectivity index (χ2v) is 7.31. The molecular weight excluding hydrogens is 384 g/mol. The third-order valence-corrected chi connectivity index (χ3v) is 4.95. The summed E-state index contributed by atoms with van der Waals surface area (Å²) in [5.74, 6) is 1.40. The fourth-order valence-corrected chi connectivity index (χ4v) is 3.24. The highest BCUT2D eigenvalue weighted by atomic mass is 16.5. The van der Waals surface area contributed by atoms with E-state index in [1.165, 1.54) is 0 Å².